The Bertz CT molecular complexity index is 1180. The van der Waals surface area contributed by atoms with E-state index < -0.39 is 0 Å². The first-order valence-corrected chi connectivity index (χ1v) is 12.3. The average Bonchev–Trinajstić information content (AvgIpc) is 3.27. The highest BCUT2D eigenvalue weighted by Gasteiger charge is 2.22. The second-order valence-corrected chi connectivity index (χ2v) is 9.35. The molecular formula is C24H23BrN6OS. The molecule has 0 radical (unpaired) electrons. The summed E-state index contributed by atoms with van der Waals surface area (Å²) in [6, 6.07) is 19.7. The van der Waals surface area contributed by atoms with Crippen molar-refractivity contribution >= 4 is 33.6 Å². The summed E-state index contributed by atoms with van der Waals surface area (Å²) in [6.45, 7) is 2.01. The second-order valence-electron chi connectivity index (χ2n) is 7.49. The van der Waals surface area contributed by atoms with E-state index in [1.165, 1.54) is 17.3 Å². The maximum Gasteiger partial charge on any atom is 0.274 e. The number of hydrogen-bond donors (Lipinski definition) is 1. The van der Waals surface area contributed by atoms with Crippen molar-refractivity contribution in [1.82, 2.24) is 30.3 Å². The molecule has 4 aromatic rings. The van der Waals surface area contributed by atoms with Crippen LogP contribution in [0.15, 0.2) is 82.7 Å². The minimum Gasteiger partial charge on any atom is -0.348 e. The van der Waals surface area contributed by atoms with Gasteiger partial charge in [-0.1, -0.05) is 63.2 Å². The zero-order chi connectivity index (χ0) is 23.0. The number of aryl methyl sites for hydroxylation is 1. The van der Waals surface area contributed by atoms with E-state index in [9.17, 15) is 4.79 Å². The van der Waals surface area contributed by atoms with Crippen LogP contribution in [0, 0.1) is 0 Å². The normalized spacial score (nSPS) is 11.8. The summed E-state index contributed by atoms with van der Waals surface area (Å²) in [5.41, 5.74) is 3.08. The van der Waals surface area contributed by atoms with Gasteiger partial charge in [0.05, 0.1) is 11.4 Å². The van der Waals surface area contributed by atoms with Gasteiger partial charge in [-0.25, -0.2) is 14.6 Å². The summed E-state index contributed by atoms with van der Waals surface area (Å²) < 4.78 is 2.66. The Kier molecular flexibility index (Phi) is 7.85. The molecule has 0 spiro atoms. The van der Waals surface area contributed by atoms with Gasteiger partial charge >= 0.3 is 0 Å². The van der Waals surface area contributed by atoms with Gasteiger partial charge in [0.2, 0.25) is 0 Å². The molecule has 0 fully saturated rings. The molecule has 0 saturated carbocycles. The van der Waals surface area contributed by atoms with E-state index in [0.29, 0.717) is 22.3 Å². The molecule has 168 valence electrons. The lowest BCUT2D eigenvalue weighted by molar-refractivity contribution is 0.0932. The van der Waals surface area contributed by atoms with Gasteiger partial charge in [-0.2, -0.15) is 0 Å². The third-order valence-corrected chi connectivity index (χ3v) is 6.43. The fourth-order valence-corrected chi connectivity index (χ4v) is 4.34. The van der Waals surface area contributed by atoms with Crippen LogP contribution in [0.5, 0.6) is 0 Å². The van der Waals surface area contributed by atoms with Crippen LogP contribution in [0.1, 0.15) is 35.1 Å². The van der Waals surface area contributed by atoms with Crippen LogP contribution in [0.4, 0.5) is 0 Å². The molecule has 1 atom stereocenters. The molecule has 1 N–H and O–H groups in total. The molecule has 33 heavy (non-hydrogen) atoms. The molecule has 0 saturated heterocycles. The number of carbonyl (C=O) groups excluding carboxylic acids is 1. The van der Waals surface area contributed by atoms with Gasteiger partial charge in [0.15, 0.2) is 10.9 Å². The Labute approximate surface area is 205 Å². The van der Waals surface area contributed by atoms with E-state index in [1.807, 2.05) is 49.4 Å². The predicted octanol–water partition coefficient (Wildman–Crippen LogP) is 4.86. The second kappa shape index (κ2) is 11.2. The number of aromatic nitrogens is 5. The topological polar surface area (TPSA) is 85.6 Å². The minimum atomic E-state index is -0.233. The van der Waals surface area contributed by atoms with Crippen LogP contribution in [0.3, 0.4) is 0 Å². The van der Waals surface area contributed by atoms with Crippen LogP contribution in [-0.4, -0.2) is 36.9 Å². The molecule has 2 heterocycles. The third kappa shape index (κ3) is 6.27. The van der Waals surface area contributed by atoms with Crippen LogP contribution in [-0.2, 0) is 12.2 Å². The van der Waals surface area contributed by atoms with Crippen molar-refractivity contribution in [3.05, 3.63) is 94.5 Å². The van der Waals surface area contributed by atoms with Crippen LogP contribution in [0.25, 0.3) is 5.69 Å². The van der Waals surface area contributed by atoms with Crippen molar-refractivity contribution in [1.29, 1.82) is 0 Å². The van der Waals surface area contributed by atoms with Crippen LogP contribution < -0.4 is 5.32 Å². The third-order valence-electron chi connectivity index (χ3n) is 5.02. The number of amides is 1. The molecule has 1 unspecified atom stereocenters. The van der Waals surface area contributed by atoms with Gasteiger partial charge in [-0.05, 0) is 55.7 Å². The van der Waals surface area contributed by atoms with Gasteiger partial charge in [-0.3, -0.25) is 4.79 Å². The van der Waals surface area contributed by atoms with E-state index in [0.717, 1.165) is 23.0 Å². The number of halogens is 1. The lowest BCUT2D eigenvalue weighted by Crippen LogP contribution is -2.33. The average molecular weight is 523 g/mol. The maximum atomic E-state index is 13.1. The maximum absolute atomic E-state index is 13.1. The van der Waals surface area contributed by atoms with Gasteiger partial charge in [0, 0.05) is 28.7 Å². The van der Waals surface area contributed by atoms with Gasteiger partial charge in [-0.15, -0.1) is 5.10 Å². The first-order valence-electron chi connectivity index (χ1n) is 10.6. The minimum absolute atomic E-state index is 0.00602. The standard InChI is InChI=1S/C24H23BrN6OS/c1-17(8-9-18-6-3-2-4-7-18)28-23(32)22-21(16-33-24-26-14-5-15-27-24)31(30-29-22)20-12-10-19(25)11-13-20/h2-7,10-15,17H,8-9,16H2,1H3,(H,28,32). The highest BCUT2D eigenvalue weighted by atomic mass is 79.9. The molecule has 0 aliphatic carbocycles. The molecule has 9 heteroatoms. The predicted molar refractivity (Wildman–Crippen MR) is 132 cm³/mol. The van der Waals surface area contributed by atoms with Crippen molar-refractivity contribution in [3.8, 4) is 5.69 Å². The number of nitrogens with zero attached hydrogens (tertiary/aromatic N) is 5. The van der Waals surface area contributed by atoms with Gasteiger partial charge in [0.25, 0.3) is 5.91 Å². The molecule has 4 rings (SSSR count). The molecule has 1 amide bonds. The summed E-state index contributed by atoms with van der Waals surface area (Å²) in [4.78, 5) is 21.6. The SMILES string of the molecule is CC(CCc1ccccc1)NC(=O)c1nnn(-c2ccc(Br)cc2)c1CSc1ncccn1. The fourth-order valence-electron chi connectivity index (χ4n) is 3.28. The van der Waals surface area contributed by atoms with Crippen LogP contribution >= 0.6 is 27.7 Å². The highest BCUT2D eigenvalue weighted by molar-refractivity contribution is 9.10. The smallest absolute Gasteiger partial charge is 0.274 e. The largest absolute Gasteiger partial charge is 0.348 e. The number of thioether (sulfide) groups is 1. The molecule has 0 aliphatic rings. The Balaban J connectivity index is 1.51. The Hall–Kier alpha value is -3.04. The number of benzene rings is 2. The number of hydrogen-bond acceptors (Lipinski definition) is 6. The quantitative estimate of drug-likeness (QED) is 0.249. The molecule has 7 nitrogen and oxygen atoms in total. The van der Waals surface area contributed by atoms with Crippen LogP contribution in [0.2, 0.25) is 0 Å². The van der Waals surface area contributed by atoms with Crippen molar-refractivity contribution in [2.24, 2.45) is 0 Å². The summed E-state index contributed by atoms with van der Waals surface area (Å²) in [5, 5.41) is 12.2. The summed E-state index contributed by atoms with van der Waals surface area (Å²) >= 11 is 4.89. The molecular weight excluding hydrogens is 500 g/mol. The van der Waals surface area contributed by atoms with Gasteiger partial charge in [0.1, 0.15) is 0 Å². The van der Waals surface area contributed by atoms with Crippen molar-refractivity contribution in [3.63, 3.8) is 0 Å². The number of carbonyl (C=O) groups is 1. The first kappa shape index (κ1) is 23.1. The highest BCUT2D eigenvalue weighted by Crippen LogP contribution is 2.23. The van der Waals surface area contributed by atoms with E-state index in [-0.39, 0.29) is 11.9 Å². The first-order chi connectivity index (χ1) is 16.1. The monoisotopic (exact) mass is 522 g/mol. The van der Waals surface area contributed by atoms with E-state index in [2.05, 4.69) is 53.7 Å². The molecule has 2 aromatic heterocycles. The molecule has 0 bridgehead atoms. The molecule has 0 aliphatic heterocycles. The van der Waals surface area contributed by atoms with E-state index >= 15 is 0 Å². The van der Waals surface area contributed by atoms with Crippen molar-refractivity contribution in [2.75, 3.05) is 0 Å². The zero-order valence-electron chi connectivity index (χ0n) is 18.1. The fraction of sp³-hybridized carbons (Fsp3) is 0.208. The summed E-state index contributed by atoms with van der Waals surface area (Å²) in [5.74, 6) is 0.220. The van der Waals surface area contributed by atoms with E-state index in [4.69, 9.17) is 0 Å². The summed E-state index contributed by atoms with van der Waals surface area (Å²) in [6.07, 6.45) is 5.11. The Morgan fingerprint density at radius 1 is 1.06 bits per heavy atom. The zero-order valence-corrected chi connectivity index (χ0v) is 20.5. The van der Waals surface area contributed by atoms with Crippen molar-refractivity contribution < 1.29 is 4.79 Å². The van der Waals surface area contributed by atoms with Crippen molar-refractivity contribution in [2.45, 2.75) is 36.7 Å². The van der Waals surface area contributed by atoms with Gasteiger partial charge < -0.3 is 5.32 Å². The Morgan fingerprint density at radius 3 is 2.52 bits per heavy atom. The Morgan fingerprint density at radius 2 is 1.79 bits per heavy atom. The molecule has 2 aromatic carbocycles. The number of rotatable bonds is 9. The number of nitrogens with one attached hydrogen (secondary N) is 1. The van der Waals surface area contributed by atoms with E-state index in [1.54, 1.807) is 23.1 Å². The lowest BCUT2D eigenvalue weighted by Gasteiger charge is -2.14. The lowest BCUT2D eigenvalue weighted by atomic mass is 10.1. The summed E-state index contributed by atoms with van der Waals surface area (Å²) in [7, 11) is 0.